The molecule has 0 amide bonds. The number of rotatable bonds is 4. The van der Waals surface area contributed by atoms with Crippen LogP contribution in [0.25, 0.3) is 10.8 Å². The molecule has 0 heterocycles. The lowest BCUT2D eigenvalue weighted by atomic mass is 10.0. The Morgan fingerprint density at radius 1 is 1.00 bits per heavy atom. The van der Waals surface area contributed by atoms with Crippen LogP contribution in [-0.4, -0.2) is 26.4 Å². The van der Waals surface area contributed by atoms with Crippen molar-refractivity contribution in [1.29, 1.82) is 0 Å². The number of ether oxygens (including phenoxy) is 3. The minimum absolute atomic E-state index is 0.0770. The van der Waals surface area contributed by atoms with Crippen LogP contribution in [0.5, 0.6) is 17.2 Å². The van der Waals surface area contributed by atoms with Gasteiger partial charge in [-0.3, -0.25) is 0 Å². The van der Waals surface area contributed by atoms with Crippen LogP contribution in [0.1, 0.15) is 5.56 Å². The van der Waals surface area contributed by atoms with Gasteiger partial charge < -0.3 is 19.3 Å². The molecule has 2 rings (SSSR count). The van der Waals surface area contributed by atoms with Crippen LogP contribution in [0.2, 0.25) is 0 Å². The van der Waals surface area contributed by atoms with E-state index in [1.807, 2.05) is 6.07 Å². The predicted molar refractivity (Wildman–Crippen MR) is 77.2 cm³/mol. The summed E-state index contributed by atoms with van der Waals surface area (Å²) in [5, 5.41) is 11.1. The third-order valence-electron chi connectivity index (χ3n) is 2.99. The van der Waals surface area contributed by atoms with E-state index in [9.17, 15) is 5.11 Å². The number of fused-ring (bicyclic) bond motifs is 1. The Labute approximate surface area is 120 Å². The van der Waals surface area contributed by atoms with Crippen molar-refractivity contribution in [1.82, 2.24) is 0 Å². The van der Waals surface area contributed by atoms with Gasteiger partial charge in [0.05, 0.1) is 33.3 Å². The molecular weight excluding hydrogens is 312 g/mol. The first-order valence-electron chi connectivity index (χ1n) is 5.68. The normalized spacial score (nSPS) is 10.6. The molecule has 2 aromatic rings. The highest BCUT2D eigenvalue weighted by molar-refractivity contribution is 9.10. The summed E-state index contributed by atoms with van der Waals surface area (Å²) in [5.74, 6) is 2.00. The van der Waals surface area contributed by atoms with E-state index < -0.39 is 0 Å². The van der Waals surface area contributed by atoms with Gasteiger partial charge in [0, 0.05) is 15.9 Å². The number of hydrogen-bond acceptors (Lipinski definition) is 4. The summed E-state index contributed by atoms with van der Waals surface area (Å²) in [4.78, 5) is 0. The Hall–Kier alpha value is -1.46. The van der Waals surface area contributed by atoms with E-state index in [1.165, 1.54) is 0 Å². The third-order valence-corrected chi connectivity index (χ3v) is 3.93. The Bertz CT molecular complexity index is 600. The van der Waals surface area contributed by atoms with Gasteiger partial charge in [0.1, 0.15) is 17.2 Å². The average molecular weight is 327 g/mol. The highest BCUT2D eigenvalue weighted by atomic mass is 79.9. The van der Waals surface area contributed by atoms with Crippen molar-refractivity contribution in [3.05, 3.63) is 28.2 Å². The molecule has 0 fully saturated rings. The highest BCUT2D eigenvalue weighted by Gasteiger charge is 2.16. The molecule has 0 aliphatic carbocycles. The lowest BCUT2D eigenvalue weighted by Crippen LogP contribution is -1.96. The van der Waals surface area contributed by atoms with Crippen molar-refractivity contribution >= 4 is 26.7 Å². The first kappa shape index (κ1) is 14.0. The zero-order valence-corrected chi connectivity index (χ0v) is 12.6. The summed E-state index contributed by atoms with van der Waals surface area (Å²) in [5.41, 5.74) is 0.750. The fourth-order valence-electron chi connectivity index (χ4n) is 2.04. The van der Waals surface area contributed by atoms with Crippen LogP contribution in [0, 0.1) is 0 Å². The fraction of sp³-hybridized carbons (Fsp3) is 0.286. The molecule has 0 aromatic heterocycles. The summed E-state index contributed by atoms with van der Waals surface area (Å²) < 4.78 is 16.9. The second kappa shape index (κ2) is 5.67. The zero-order valence-electron chi connectivity index (χ0n) is 11.0. The molecular formula is C14H15BrO4. The molecule has 19 heavy (non-hydrogen) atoms. The van der Waals surface area contributed by atoms with Crippen LogP contribution >= 0.6 is 15.9 Å². The molecule has 0 saturated heterocycles. The lowest BCUT2D eigenvalue weighted by molar-refractivity contribution is 0.280. The minimum Gasteiger partial charge on any atom is -0.497 e. The third kappa shape index (κ3) is 2.35. The summed E-state index contributed by atoms with van der Waals surface area (Å²) in [6.45, 7) is -0.0770. The summed E-state index contributed by atoms with van der Waals surface area (Å²) in [6.07, 6.45) is 0. The van der Waals surface area contributed by atoms with Crippen molar-refractivity contribution in [2.24, 2.45) is 0 Å². The molecule has 0 saturated carbocycles. The highest BCUT2D eigenvalue weighted by Crippen LogP contribution is 2.42. The molecule has 0 bridgehead atoms. The minimum atomic E-state index is -0.0770. The number of benzene rings is 2. The molecule has 0 spiro atoms. The summed E-state index contributed by atoms with van der Waals surface area (Å²) in [6, 6.07) is 5.47. The first-order valence-corrected chi connectivity index (χ1v) is 6.47. The molecule has 2 aromatic carbocycles. The number of methoxy groups -OCH3 is 3. The van der Waals surface area contributed by atoms with Gasteiger partial charge in [0.2, 0.25) is 0 Å². The molecule has 0 unspecified atom stereocenters. The van der Waals surface area contributed by atoms with Gasteiger partial charge in [-0.15, -0.1) is 0 Å². The Kier molecular flexibility index (Phi) is 4.17. The van der Waals surface area contributed by atoms with Crippen LogP contribution < -0.4 is 14.2 Å². The SMILES string of the molecule is COc1cc(OC)c2c(OC)cc(CO)c(Br)c2c1. The van der Waals surface area contributed by atoms with E-state index in [4.69, 9.17) is 14.2 Å². The van der Waals surface area contributed by atoms with Crippen molar-refractivity contribution in [3.8, 4) is 17.2 Å². The standard InChI is InChI=1S/C14H15BrO4/c1-17-9-5-10-13(12(6-9)19-3)11(18-2)4-8(7-16)14(10)15/h4-6,16H,7H2,1-3H3. The van der Waals surface area contributed by atoms with E-state index in [0.717, 1.165) is 20.8 Å². The molecule has 0 radical (unpaired) electrons. The van der Waals surface area contributed by atoms with Crippen LogP contribution in [0.15, 0.2) is 22.7 Å². The predicted octanol–water partition coefficient (Wildman–Crippen LogP) is 3.12. The molecule has 5 heteroatoms. The van der Waals surface area contributed by atoms with Gasteiger partial charge in [-0.05, 0) is 33.6 Å². The smallest absolute Gasteiger partial charge is 0.134 e. The Morgan fingerprint density at radius 2 is 1.63 bits per heavy atom. The number of hydrogen-bond donors (Lipinski definition) is 1. The number of halogens is 1. The average Bonchev–Trinajstić information content (AvgIpc) is 2.46. The summed E-state index contributed by atoms with van der Waals surface area (Å²) >= 11 is 3.51. The second-order valence-corrected chi connectivity index (χ2v) is 4.76. The maximum Gasteiger partial charge on any atom is 0.134 e. The van der Waals surface area contributed by atoms with E-state index >= 15 is 0 Å². The van der Waals surface area contributed by atoms with Crippen LogP contribution in [-0.2, 0) is 6.61 Å². The molecule has 0 aliphatic heterocycles. The van der Waals surface area contributed by atoms with E-state index in [2.05, 4.69) is 15.9 Å². The Balaban J connectivity index is 2.91. The van der Waals surface area contributed by atoms with Crippen LogP contribution in [0.4, 0.5) is 0 Å². The van der Waals surface area contributed by atoms with Crippen molar-refractivity contribution in [3.63, 3.8) is 0 Å². The monoisotopic (exact) mass is 326 g/mol. The van der Waals surface area contributed by atoms with Gasteiger partial charge in [0.15, 0.2) is 0 Å². The topological polar surface area (TPSA) is 47.9 Å². The van der Waals surface area contributed by atoms with Crippen LogP contribution in [0.3, 0.4) is 0 Å². The zero-order chi connectivity index (χ0) is 14.0. The van der Waals surface area contributed by atoms with E-state index in [-0.39, 0.29) is 6.61 Å². The van der Waals surface area contributed by atoms with Gasteiger partial charge in [-0.1, -0.05) is 0 Å². The molecule has 4 nitrogen and oxygen atoms in total. The Morgan fingerprint density at radius 3 is 2.16 bits per heavy atom. The van der Waals surface area contributed by atoms with Gasteiger partial charge in [-0.25, -0.2) is 0 Å². The first-order chi connectivity index (χ1) is 9.15. The van der Waals surface area contributed by atoms with E-state index in [0.29, 0.717) is 17.2 Å². The molecule has 1 N–H and O–H groups in total. The molecule has 0 aliphatic rings. The maximum atomic E-state index is 9.40. The lowest BCUT2D eigenvalue weighted by Gasteiger charge is -2.15. The van der Waals surface area contributed by atoms with Gasteiger partial charge in [0.25, 0.3) is 0 Å². The van der Waals surface area contributed by atoms with Crippen molar-refractivity contribution < 1.29 is 19.3 Å². The fourth-order valence-corrected chi connectivity index (χ4v) is 2.59. The quantitative estimate of drug-likeness (QED) is 0.937. The number of aliphatic hydroxyl groups is 1. The van der Waals surface area contributed by atoms with Gasteiger partial charge >= 0.3 is 0 Å². The maximum absolute atomic E-state index is 9.40. The second-order valence-electron chi connectivity index (χ2n) is 3.96. The van der Waals surface area contributed by atoms with E-state index in [1.54, 1.807) is 33.5 Å². The van der Waals surface area contributed by atoms with Crippen molar-refractivity contribution in [2.45, 2.75) is 6.61 Å². The number of aliphatic hydroxyl groups excluding tert-OH is 1. The van der Waals surface area contributed by atoms with Gasteiger partial charge in [-0.2, -0.15) is 0 Å². The largest absolute Gasteiger partial charge is 0.497 e. The summed E-state index contributed by atoms with van der Waals surface area (Å²) in [7, 11) is 4.79. The van der Waals surface area contributed by atoms with Crippen molar-refractivity contribution in [2.75, 3.05) is 21.3 Å². The molecule has 102 valence electrons. The molecule has 0 atom stereocenters.